The van der Waals surface area contributed by atoms with Crippen LogP contribution < -0.4 is 5.32 Å². The van der Waals surface area contributed by atoms with Crippen molar-refractivity contribution in [2.75, 3.05) is 11.9 Å². The number of nitrogens with zero attached hydrogens (tertiary/aromatic N) is 2. The lowest BCUT2D eigenvalue weighted by atomic mass is 10.2. The van der Waals surface area contributed by atoms with E-state index in [0.29, 0.717) is 5.56 Å². The number of esters is 1. The largest absolute Gasteiger partial charge is 0.452 e. The molecule has 1 N–H and O–H groups in total. The van der Waals surface area contributed by atoms with E-state index < -0.39 is 28.3 Å². The van der Waals surface area contributed by atoms with Crippen LogP contribution in [0.2, 0.25) is 5.02 Å². The lowest BCUT2D eigenvalue weighted by molar-refractivity contribution is -0.385. The van der Waals surface area contributed by atoms with E-state index in [0.717, 1.165) is 12.1 Å². The Balaban J connectivity index is 2.05. The van der Waals surface area contributed by atoms with Gasteiger partial charge >= 0.3 is 5.97 Å². The van der Waals surface area contributed by atoms with E-state index in [2.05, 4.69) is 5.32 Å². The van der Waals surface area contributed by atoms with Gasteiger partial charge in [0.25, 0.3) is 17.3 Å². The molecule has 0 atom stereocenters. The van der Waals surface area contributed by atoms with Crippen molar-refractivity contribution in [1.29, 1.82) is 0 Å². The third kappa shape index (κ3) is 4.98. The maximum atomic E-state index is 12.0. The Labute approximate surface area is 157 Å². The fraction of sp³-hybridized carbons (Fsp3) is 0.125. The molecule has 10 nitrogen and oxygen atoms in total. The molecule has 0 saturated carbocycles. The number of amides is 1. The second kappa shape index (κ2) is 8.23. The van der Waals surface area contributed by atoms with Gasteiger partial charge in [-0.25, -0.2) is 4.79 Å². The Morgan fingerprint density at radius 3 is 2.30 bits per heavy atom. The van der Waals surface area contributed by atoms with Gasteiger partial charge in [-0.15, -0.1) is 0 Å². The third-order valence-electron chi connectivity index (χ3n) is 3.42. The fourth-order valence-corrected chi connectivity index (χ4v) is 2.23. The van der Waals surface area contributed by atoms with Gasteiger partial charge in [0, 0.05) is 24.3 Å². The highest BCUT2D eigenvalue weighted by Crippen LogP contribution is 2.23. The molecule has 11 heteroatoms. The van der Waals surface area contributed by atoms with Crippen LogP contribution in [-0.2, 0) is 9.53 Å². The average Bonchev–Trinajstić information content (AvgIpc) is 2.61. The summed E-state index contributed by atoms with van der Waals surface area (Å²) in [6.45, 7) is 0.925. The van der Waals surface area contributed by atoms with Gasteiger partial charge in [-0.1, -0.05) is 17.7 Å². The highest BCUT2D eigenvalue weighted by Gasteiger charge is 2.18. The van der Waals surface area contributed by atoms with Crippen LogP contribution in [0.25, 0.3) is 0 Å². The third-order valence-corrected chi connectivity index (χ3v) is 3.75. The number of hydrogen-bond donors (Lipinski definition) is 1. The summed E-state index contributed by atoms with van der Waals surface area (Å²) in [5, 5.41) is 23.9. The molecule has 2 rings (SSSR count). The number of carbonyl (C=O) groups excluding carboxylic acids is 2. The summed E-state index contributed by atoms with van der Waals surface area (Å²) < 4.78 is 4.80. The maximum Gasteiger partial charge on any atom is 0.340 e. The monoisotopic (exact) mass is 393 g/mol. The van der Waals surface area contributed by atoms with E-state index >= 15 is 0 Å². The molecule has 0 aliphatic heterocycles. The van der Waals surface area contributed by atoms with E-state index in [1.807, 2.05) is 0 Å². The number of hydrogen-bond acceptors (Lipinski definition) is 7. The SMILES string of the molecule is Cc1ccc([N+](=O)[O-])cc1NC(=O)COC(=O)c1cc([N+](=O)[O-])ccc1Cl. The van der Waals surface area contributed by atoms with Gasteiger partial charge in [0.15, 0.2) is 6.61 Å². The highest BCUT2D eigenvalue weighted by atomic mass is 35.5. The van der Waals surface area contributed by atoms with Crippen molar-refractivity contribution in [1.82, 2.24) is 0 Å². The molecule has 1 amide bonds. The van der Waals surface area contributed by atoms with Crippen LogP contribution in [0.4, 0.5) is 17.1 Å². The first-order valence-corrected chi connectivity index (χ1v) is 7.73. The molecular weight excluding hydrogens is 382 g/mol. The number of aryl methyl sites for hydroxylation is 1. The van der Waals surface area contributed by atoms with E-state index in [1.54, 1.807) is 6.92 Å². The zero-order valence-electron chi connectivity index (χ0n) is 13.8. The van der Waals surface area contributed by atoms with E-state index in [1.165, 1.54) is 24.3 Å². The lowest BCUT2D eigenvalue weighted by Gasteiger charge is -2.09. The van der Waals surface area contributed by atoms with Crippen LogP contribution in [-0.4, -0.2) is 28.3 Å². The van der Waals surface area contributed by atoms with Crippen molar-refractivity contribution < 1.29 is 24.2 Å². The molecule has 0 heterocycles. The number of non-ortho nitro benzene ring substituents is 2. The Kier molecular flexibility index (Phi) is 6.03. The summed E-state index contributed by atoms with van der Waals surface area (Å²) in [4.78, 5) is 44.2. The van der Waals surface area contributed by atoms with Crippen LogP contribution in [0.3, 0.4) is 0 Å². The van der Waals surface area contributed by atoms with Gasteiger partial charge in [0.05, 0.1) is 26.1 Å². The van der Waals surface area contributed by atoms with E-state index in [-0.39, 0.29) is 27.6 Å². The minimum Gasteiger partial charge on any atom is -0.452 e. The molecule has 0 saturated heterocycles. The Morgan fingerprint density at radius 2 is 1.67 bits per heavy atom. The van der Waals surface area contributed by atoms with Gasteiger partial charge in [-0.05, 0) is 18.6 Å². The number of rotatable bonds is 6. The fourth-order valence-electron chi connectivity index (χ4n) is 2.04. The molecule has 0 aliphatic carbocycles. The topological polar surface area (TPSA) is 142 Å². The Hall–Kier alpha value is -3.53. The summed E-state index contributed by atoms with van der Waals surface area (Å²) in [5.41, 5.74) is -0.0647. The number of ether oxygens (including phenoxy) is 1. The molecule has 2 aromatic carbocycles. The standard InChI is InChI=1S/C16H12ClN3O7/c1-9-2-3-11(20(25)26)7-14(9)18-15(21)8-27-16(22)12-6-10(19(23)24)4-5-13(12)17/h2-7H,8H2,1H3,(H,18,21). The van der Waals surface area contributed by atoms with Gasteiger partial charge in [0.1, 0.15) is 0 Å². The van der Waals surface area contributed by atoms with Crippen molar-refractivity contribution in [3.8, 4) is 0 Å². The first-order chi connectivity index (χ1) is 12.7. The quantitative estimate of drug-likeness (QED) is 0.450. The van der Waals surface area contributed by atoms with Crippen LogP contribution in [0.1, 0.15) is 15.9 Å². The number of benzene rings is 2. The van der Waals surface area contributed by atoms with Crippen LogP contribution in [0.5, 0.6) is 0 Å². The number of carbonyl (C=O) groups is 2. The molecule has 0 radical (unpaired) electrons. The minimum absolute atomic E-state index is 0.0689. The second-order valence-electron chi connectivity index (χ2n) is 5.30. The van der Waals surface area contributed by atoms with Gasteiger partial charge in [0.2, 0.25) is 0 Å². The zero-order valence-corrected chi connectivity index (χ0v) is 14.6. The number of nitro benzene ring substituents is 2. The van der Waals surface area contributed by atoms with Crippen molar-refractivity contribution in [3.63, 3.8) is 0 Å². The first-order valence-electron chi connectivity index (χ1n) is 7.35. The van der Waals surface area contributed by atoms with E-state index in [4.69, 9.17) is 16.3 Å². The smallest absolute Gasteiger partial charge is 0.340 e. The molecule has 140 valence electrons. The molecular formula is C16H12ClN3O7. The molecule has 0 fully saturated rings. The van der Waals surface area contributed by atoms with Gasteiger partial charge < -0.3 is 10.1 Å². The zero-order chi connectivity index (χ0) is 20.1. The summed E-state index contributed by atoms with van der Waals surface area (Å²) >= 11 is 5.82. The van der Waals surface area contributed by atoms with Crippen LogP contribution >= 0.6 is 11.6 Å². The summed E-state index contributed by atoms with van der Waals surface area (Å²) in [5.74, 6) is -1.76. The first kappa shape index (κ1) is 19.8. The number of anilines is 1. The second-order valence-corrected chi connectivity index (χ2v) is 5.71. The molecule has 0 spiro atoms. The molecule has 0 aromatic heterocycles. The molecule has 0 bridgehead atoms. The number of nitro groups is 2. The van der Waals surface area contributed by atoms with Crippen LogP contribution in [0, 0.1) is 27.2 Å². The van der Waals surface area contributed by atoms with Gasteiger partial charge in [-0.2, -0.15) is 0 Å². The summed E-state index contributed by atoms with van der Waals surface area (Å²) in [6, 6.07) is 7.15. The number of nitrogens with one attached hydrogen (secondary N) is 1. The van der Waals surface area contributed by atoms with Gasteiger partial charge in [-0.3, -0.25) is 25.0 Å². The normalized spacial score (nSPS) is 10.1. The van der Waals surface area contributed by atoms with Crippen molar-refractivity contribution in [2.24, 2.45) is 0 Å². The number of halogens is 1. The Bertz CT molecular complexity index is 946. The highest BCUT2D eigenvalue weighted by molar-refractivity contribution is 6.33. The van der Waals surface area contributed by atoms with Crippen molar-refractivity contribution in [2.45, 2.75) is 6.92 Å². The van der Waals surface area contributed by atoms with E-state index in [9.17, 15) is 29.8 Å². The molecule has 0 unspecified atom stereocenters. The maximum absolute atomic E-state index is 12.0. The average molecular weight is 394 g/mol. The Morgan fingerprint density at radius 1 is 1.07 bits per heavy atom. The molecule has 2 aromatic rings. The summed E-state index contributed by atoms with van der Waals surface area (Å²) in [7, 11) is 0. The molecule has 0 aliphatic rings. The predicted molar refractivity (Wildman–Crippen MR) is 94.9 cm³/mol. The predicted octanol–water partition coefficient (Wildman–Crippen LogP) is 3.26. The minimum atomic E-state index is -1.02. The van der Waals surface area contributed by atoms with Crippen molar-refractivity contribution in [3.05, 3.63) is 72.8 Å². The lowest BCUT2D eigenvalue weighted by Crippen LogP contribution is -2.21. The van der Waals surface area contributed by atoms with Crippen molar-refractivity contribution >= 4 is 40.5 Å². The summed E-state index contributed by atoms with van der Waals surface area (Å²) in [6.07, 6.45) is 0. The van der Waals surface area contributed by atoms with Crippen LogP contribution in [0.15, 0.2) is 36.4 Å². The molecule has 27 heavy (non-hydrogen) atoms.